The van der Waals surface area contributed by atoms with Crippen LogP contribution in [0.3, 0.4) is 0 Å². The number of fused-ring (bicyclic) bond motifs is 1. The van der Waals surface area contributed by atoms with E-state index in [1.165, 1.54) is 16.1 Å². The first-order valence-corrected chi connectivity index (χ1v) is 13.3. The lowest BCUT2D eigenvalue weighted by Gasteiger charge is -2.19. The van der Waals surface area contributed by atoms with E-state index in [1.54, 1.807) is 18.2 Å². The van der Waals surface area contributed by atoms with E-state index in [1.807, 2.05) is 65.8 Å². The van der Waals surface area contributed by atoms with Gasteiger partial charge in [0.1, 0.15) is 0 Å². The van der Waals surface area contributed by atoms with Gasteiger partial charge in [-0.15, -0.1) is 0 Å². The van der Waals surface area contributed by atoms with Crippen molar-refractivity contribution in [2.45, 2.75) is 56.7 Å². The van der Waals surface area contributed by atoms with Gasteiger partial charge in [-0.25, -0.2) is 13.4 Å². The SMILES string of the molecule is CCN(CC)S(=O)(=O)c1ccc2nc(S[C@H](C)C(=O)Nc3ccc(C)cc3C)cc(C)c2c1. The number of hydrogen-bond donors (Lipinski definition) is 1. The molecule has 1 atom stereocenters. The molecule has 33 heavy (non-hydrogen) atoms. The first kappa shape index (κ1) is 25.2. The summed E-state index contributed by atoms with van der Waals surface area (Å²) in [7, 11) is -3.54. The molecule has 6 nitrogen and oxygen atoms in total. The lowest BCUT2D eigenvalue weighted by atomic mass is 10.1. The number of carbonyl (C=O) groups is 1. The van der Waals surface area contributed by atoms with E-state index in [-0.39, 0.29) is 16.1 Å². The molecule has 0 fully saturated rings. The fourth-order valence-corrected chi connectivity index (χ4v) is 6.11. The van der Waals surface area contributed by atoms with Crippen molar-refractivity contribution in [3.8, 4) is 0 Å². The van der Waals surface area contributed by atoms with Crippen LogP contribution >= 0.6 is 11.8 Å². The lowest BCUT2D eigenvalue weighted by molar-refractivity contribution is -0.115. The molecule has 3 aromatic rings. The van der Waals surface area contributed by atoms with E-state index in [0.29, 0.717) is 18.6 Å². The van der Waals surface area contributed by atoms with Crippen LogP contribution in [0.1, 0.15) is 37.5 Å². The quantitative estimate of drug-likeness (QED) is 0.438. The number of sulfonamides is 1. The van der Waals surface area contributed by atoms with Gasteiger partial charge in [-0.1, -0.05) is 43.3 Å². The summed E-state index contributed by atoms with van der Waals surface area (Å²) in [5.74, 6) is -0.0906. The van der Waals surface area contributed by atoms with Crippen LogP contribution in [0.15, 0.2) is 52.4 Å². The van der Waals surface area contributed by atoms with E-state index in [2.05, 4.69) is 10.3 Å². The minimum atomic E-state index is -3.54. The summed E-state index contributed by atoms with van der Waals surface area (Å²) in [4.78, 5) is 17.7. The van der Waals surface area contributed by atoms with Crippen LogP contribution in [0.5, 0.6) is 0 Å². The van der Waals surface area contributed by atoms with Crippen LogP contribution in [0.25, 0.3) is 10.9 Å². The third-order valence-electron chi connectivity index (χ3n) is 5.61. The standard InChI is InChI=1S/C25H31N3O3S2/c1-7-28(8-2)33(30,31)20-10-12-23-21(15-20)17(4)14-24(26-23)32-19(6)25(29)27-22-11-9-16(3)13-18(22)5/h9-15,19H,7-8H2,1-6H3,(H,27,29)/t19-/m1/s1. The first-order chi connectivity index (χ1) is 15.6. The minimum Gasteiger partial charge on any atom is -0.325 e. The topological polar surface area (TPSA) is 79.4 Å². The Kier molecular flexibility index (Phi) is 7.82. The average molecular weight is 486 g/mol. The Morgan fingerprint density at radius 1 is 1.03 bits per heavy atom. The Labute approximate surface area is 200 Å². The molecule has 0 aliphatic carbocycles. The number of aromatic nitrogens is 1. The molecule has 3 rings (SSSR count). The molecule has 0 aliphatic heterocycles. The van der Waals surface area contributed by atoms with Gasteiger partial charge in [-0.3, -0.25) is 4.79 Å². The van der Waals surface area contributed by atoms with E-state index in [0.717, 1.165) is 32.8 Å². The van der Waals surface area contributed by atoms with Crippen molar-refractivity contribution in [1.29, 1.82) is 0 Å². The molecule has 0 aliphatic rings. The Bertz CT molecular complexity index is 1290. The fourth-order valence-electron chi connectivity index (χ4n) is 3.70. The highest BCUT2D eigenvalue weighted by Crippen LogP contribution is 2.29. The molecule has 176 valence electrons. The van der Waals surface area contributed by atoms with Gasteiger partial charge in [0.2, 0.25) is 15.9 Å². The highest BCUT2D eigenvalue weighted by molar-refractivity contribution is 8.00. The second kappa shape index (κ2) is 10.2. The summed E-state index contributed by atoms with van der Waals surface area (Å²) in [6.45, 7) is 12.3. The second-order valence-electron chi connectivity index (χ2n) is 8.11. The van der Waals surface area contributed by atoms with Crippen LogP contribution in [0.2, 0.25) is 0 Å². The molecule has 1 amide bonds. The van der Waals surface area contributed by atoms with E-state index in [4.69, 9.17) is 0 Å². The molecule has 1 N–H and O–H groups in total. The number of hydrogen-bond acceptors (Lipinski definition) is 5. The van der Waals surface area contributed by atoms with Crippen LogP contribution < -0.4 is 5.32 Å². The number of carbonyl (C=O) groups excluding carboxylic acids is 1. The number of thioether (sulfide) groups is 1. The van der Waals surface area contributed by atoms with Crippen molar-refractivity contribution >= 4 is 44.3 Å². The van der Waals surface area contributed by atoms with E-state index < -0.39 is 10.0 Å². The zero-order valence-corrected chi connectivity index (χ0v) is 21.6. The Hall–Kier alpha value is -2.42. The van der Waals surface area contributed by atoms with Gasteiger partial charge < -0.3 is 5.32 Å². The average Bonchev–Trinajstić information content (AvgIpc) is 2.76. The molecule has 0 saturated heterocycles. The summed E-state index contributed by atoms with van der Waals surface area (Å²) in [5, 5.41) is 4.16. The summed E-state index contributed by atoms with van der Waals surface area (Å²) < 4.78 is 27.2. The van der Waals surface area contributed by atoms with Crippen LogP contribution in [0.4, 0.5) is 5.69 Å². The maximum atomic E-state index is 12.9. The van der Waals surface area contributed by atoms with Crippen LogP contribution in [-0.2, 0) is 14.8 Å². The summed E-state index contributed by atoms with van der Waals surface area (Å²) in [6.07, 6.45) is 0. The first-order valence-electron chi connectivity index (χ1n) is 11.0. The Balaban J connectivity index is 1.82. The number of aryl methyl sites for hydroxylation is 3. The number of amides is 1. The predicted octanol–water partition coefficient (Wildman–Crippen LogP) is 5.31. The molecular weight excluding hydrogens is 454 g/mol. The fraction of sp³-hybridized carbons (Fsp3) is 0.360. The smallest absolute Gasteiger partial charge is 0.243 e. The van der Waals surface area contributed by atoms with Gasteiger partial charge in [-0.2, -0.15) is 4.31 Å². The Morgan fingerprint density at radius 2 is 1.73 bits per heavy atom. The number of anilines is 1. The zero-order valence-electron chi connectivity index (χ0n) is 20.0. The number of nitrogens with one attached hydrogen (secondary N) is 1. The molecule has 0 unspecified atom stereocenters. The van der Waals surface area contributed by atoms with Gasteiger partial charge >= 0.3 is 0 Å². The molecule has 0 bridgehead atoms. The monoisotopic (exact) mass is 485 g/mol. The van der Waals surface area contributed by atoms with Gasteiger partial charge in [-0.05, 0) is 69.2 Å². The molecule has 2 aromatic carbocycles. The van der Waals surface area contributed by atoms with Crippen LogP contribution in [0, 0.1) is 20.8 Å². The second-order valence-corrected chi connectivity index (χ2v) is 11.4. The van der Waals surface area contributed by atoms with Crippen molar-refractivity contribution in [2.24, 2.45) is 0 Å². The number of benzene rings is 2. The van der Waals surface area contributed by atoms with Crippen molar-refractivity contribution in [2.75, 3.05) is 18.4 Å². The largest absolute Gasteiger partial charge is 0.325 e. The lowest BCUT2D eigenvalue weighted by Crippen LogP contribution is -2.30. The number of pyridine rings is 1. The summed E-state index contributed by atoms with van der Waals surface area (Å²) in [5.41, 5.74) is 4.61. The van der Waals surface area contributed by atoms with E-state index >= 15 is 0 Å². The third-order valence-corrected chi connectivity index (χ3v) is 8.68. The zero-order chi connectivity index (χ0) is 24.3. The predicted molar refractivity (Wildman–Crippen MR) is 136 cm³/mol. The van der Waals surface area contributed by atoms with Crippen molar-refractivity contribution in [1.82, 2.24) is 9.29 Å². The minimum absolute atomic E-state index is 0.0906. The molecule has 0 saturated carbocycles. The van der Waals surface area contributed by atoms with Gasteiger partial charge in [0.05, 0.1) is 20.7 Å². The normalized spacial score (nSPS) is 12.8. The van der Waals surface area contributed by atoms with Crippen molar-refractivity contribution in [3.05, 3.63) is 59.2 Å². The van der Waals surface area contributed by atoms with Gasteiger partial charge in [0.15, 0.2) is 0 Å². The molecule has 0 spiro atoms. The van der Waals surface area contributed by atoms with Gasteiger partial charge in [0, 0.05) is 24.2 Å². The van der Waals surface area contributed by atoms with Gasteiger partial charge in [0.25, 0.3) is 0 Å². The third kappa shape index (κ3) is 5.57. The summed E-state index contributed by atoms with van der Waals surface area (Å²) in [6, 6.07) is 12.9. The molecule has 1 heterocycles. The highest BCUT2D eigenvalue weighted by Gasteiger charge is 2.22. The maximum absolute atomic E-state index is 12.9. The van der Waals surface area contributed by atoms with Crippen molar-refractivity contribution < 1.29 is 13.2 Å². The molecule has 1 aromatic heterocycles. The number of rotatable bonds is 8. The number of nitrogens with zero attached hydrogens (tertiary/aromatic N) is 2. The highest BCUT2D eigenvalue weighted by atomic mass is 32.2. The molecular formula is C25H31N3O3S2. The maximum Gasteiger partial charge on any atom is 0.243 e. The Morgan fingerprint density at radius 3 is 2.36 bits per heavy atom. The van der Waals surface area contributed by atoms with Crippen LogP contribution in [-0.4, -0.2) is 42.0 Å². The molecule has 8 heteroatoms. The van der Waals surface area contributed by atoms with Crippen molar-refractivity contribution in [3.63, 3.8) is 0 Å². The van der Waals surface area contributed by atoms with E-state index in [9.17, 15) is 13.2 Å². The summed E-state index contributed by atoms with van der Waals surface area (Å²) >= 11 is 1.38. The molecule has 0 radical (unpaired) electrons.